The molecule has 88 valence electrons. The summed E-state index contributed by atoms with van der Waals surface area (Å²) in [7, 11) is 2.80. The molecule has 1 aliphatic heterocycles. The highest BCUT2D eigenvalue weighted by Gasteiger charge is 2.34. The van der Waals surface area contributed by atoms with E-state index in [1.54, 1.807) is 0 Å². The van der Waals surface area contributed by atoms with Crippen LogP contribution in [0.2, 0.25) is 0 Å². The molecule has 3 unspecified atom stereocenters. The fourth-order valence-electron chi connectivity index (χ4n) is 2.33. The number of allylic oxidation sites excluding steroid dienone is 3. The maximum absolute atomic E-state index is 3.89. The summed E-state index contributed by atoms with van der Waals surface area (Å²) in [5.74, 6) is 0.551. The van der Waals surface area contributed by atoms with E-state index in [0.29, 0.717) is 12.0 Å². The molecular formula is C14H22NP. The summed E-state index contributed by atoms with van der Waals surface area (Å²) < 4.78 is 2.25. The highest BCUT2D eigenvalue weighted by atomic mass is 31.0. The fourth-order valence-corrected chi connectivity index (χ4v) is 2.89. The lowest BCUT2D eigenvalue weighted by atomic mass is 9.89. The zero-order valence-corrected chi connectivity index (χ0v) is 11.6. The summed E-state index contributed by atoms with van der Waals surface area (Å²) in [6, 6.07) is 0.480. The molecule has 0 aromatic carbocycles. The molecule has 0 radical (unpaired) electrons. The summed E-state index contributed by atoms with van der Waals surface area (Å²) >= 11 is 0. The van der Waals surface area contributed by atoms with Gasteiger partial charge in [0.1, 0.15) is 0 Å². The monoisotopic (exact) mass is 235 g/mol. The summed E-state index contributed by atoms with van der Waals surface area (Å²) in [6.45, 7) is 10.1. The SMILES string of the molecule is C=CC1=C(CC)C2C=CC=CC2N1P.CC. The van der Waals surface area contributed by atoms with Gasteiger partial charge in [0.15, 0.2) is 0 Å². The Kier molecular flexibility index (Phi) is 5.02. The molecule has 0 saturated carbocycles. The first-order valence-corrected chi connectivity index (χ1v) is 6.55. The van der Waals surface area contributed by atoms with Gasteiger partial charge in [-0.25, -0.2) is 0 Å². The van der Waals surface area contributed by atoms with Crippen molar-refractivity contribution in [3.8, 4) is 0 Å². The fraction of sp³-hybridized carbons (Fsp3) is 0.429. The van der Waals surface area contributed by atoms with E-state index in [4.69, 9.17) is 0 Å². The third-order valence-corrected chi connectivity index (χ3v) is 3.63. The predicted molar refractivity (Wildman–Crippen MR) is 76.0 cm³/mol. The van der Waals surface area contributed by atoms with Crippen LogP contribution < -0.4 is 0 Å². The average Bonchev–Trinajstić information content (AvgIpc) is 2.64. The summed E-state index contributed by atoms with van der Waals surface area (Å²) in [5.41, 5.74) is 2.78. The first kappa shape index (κ1) is 13.3. The zero-order chi connectivity index (χ0) is 12.1. The second kappa shape index (κ2) is 6.06. The summed E-state index contributed by atoms with van der Waals surface area (Å²) in [4.78, 5) is 0. The molecule has 0 N–H and O–H groups in total. The number of fused-ring (bicyclic) bond motifs is 1. The van der Waals surface area contributed by atoms with Crippen molar-refractivity contribution in [2.75, 3.05) is 0 Å². The molecule has 0 aromatic rings. The van der Waals surface area contributed by atoms with Gasteiger partial charge in [-0.3, -0.25) is 0 Å². The minimum Gasteiger partial charge on any atom is -0.348 e. The van der Waals surface area contributed by atoms with E-state index in [0.717, 1.165) is 6.42 Å². The molecule has 2 heteroatoms. The Balaban J connectivity index is 0.000000606. The highest BCUT2D eigenvalue weighted by molar-refractivity contribution is 7.13. The van der Waals surface area contributed by atoms with Gasteiger partial charge < -0.3 is 4.67 Å². The number of hydrogen-bond donors (Lipinski definition) is 0. The van der Waals surface area contributed by atoms with Gasteiger partial charge in [0, 0.05) is 11.6 Å². The minimum atomic E-state index is 0.480. The van der Waals surface area contributed by atoms with Crippen molar-refractivity contribution in [2.45, 2.75) is 33.2 Å². The second-order valence-corrected chi connectivity index (χ2v) is 4.22. The molecule has 2 aliphatic rings. The average molecular weight is 235 g/mol. The van der Waals surface area contributed by atoms with Gasteiger partial charge in [0.05, 0.1) is 6.04 Å². The highest BCUT2D eigenvalue weighted by Crippen LogP contribution is 2.41. The number of rotatable bonds is 2. The van der Waals surface area contributed by atoms with Crippen LogP contribution in [0.15, 0.2) is 48.2 Å². The first-order valence-electron chi connectivity index (χ1n) is 6.04. The largest absolute Gasteiger partial charge is 0.348 e. The number of nitrogens with zero attached hydrogens (tertiary/aromatic N) is 1. The molecule has 3 atom stereocenters. The predicted octanol–water partition coefficient (Wildman–Crippen LogP) is 4.08. The maximum atomic E-state index is 3.89. The maximum Gasteiger partial charge on any atom is 0.0607 e. The lowest BCUT2D eigenvalue weighted by molar-refractivity contribution is 0.480. The zero-order valence-electron chi connectivity index (χ0n) is 10.5. The van der Waals surface area contributed by atoms with Crippen molar-refractivity contribution >= 4 is 9.39 Å². The van der Waals surface area contributed by atoms with Crippen molar-refractivity contribution in [1.29, 1.82) is 0 Å². The Bertz CT molecular complexity index is 339. The Morgan fingerprint density at radius 2 is 2.00 bits per heavy atom. The third-order valence-electron chi connectivity index (χ3n) is 3.01. The van der Waals surface area contributed by atoms with E-state index in [-0.39, 0.29) is 0 Å². The molecule has 0 bridgehead atoms. The molecule has 2 rings (SSSR count). The van der Waals surface area contributed by atoms with Gasteiger partial charge >= 0.3 is 0 Å². The molecule has 0 spiro atoms. The topological polar surface area (TPSA) is 3.24 Å². The molecule has 0 saturated heterocycles. The minimum absolute atomic E-state index is 0.480. The van der Waals surface area contributed by atoms with Crippen molar-refractivity contribution in [1.82, 2.24) is 4.67 Å². The standard InChI is InChI=1S/C12H16NP.C2H6/c1-3-9-10-7-5-6-8-12(10)13(14)11(9)4-2;1-2/h4-8,10,12H,2-3,14H2,1H3;1-2H3. The van der Waals surface area contributed by atoms with Crippen LogP contribution in [0, 0.1) is 5.92 Å². The van der Waals surface area contributed by atoms with Crippen molar-refractivity contribution < 1.29 is 0 Å². The quantitative estimate of drug-likeness (QED) is 0.652. The van der Waals surface area contributed by atoms with Gasteiger partial charge in [-0.15, -0.1) is 0 Å². The molecular weight excluding hydrogens is 213 g/mol. The molecule has 0 amide bonds. The Morgan fingerprint density at radius 3 is 2.56 bits per heavy atom. The van der Waals surface area contributed by atoms with E-state index in [9.17, 15) is 0 Å². The van der Waals surface area contributed by atoms with Crippen molar-refractivity contribution in [3.05, 3.63) is 48.2 Å². The molecule has 16 heavy (non-hydrogen) atoms. The lowest BCUT2D eigenvalue weighted by Gasteiger charge is -2.25. The molecule has 1 aliphatic carbocycles. The summed E-state index contributed by atoms with van der Waals surface area (Å²) in [6.07, 6.45) is 11.9. The van der Waals surface area contributed by atoms with E-state index in [1.807, 2.05) is 19.9 Å². The normalized spacial score (nSPS) is 26.4. The summed E-state index contributed by atoms with van der Waals surface area (Å²) in [5, 5.41) is 0. The third kappa shape index (κ3) is 2.15. The smallest absolute Gasteiger partial charge is 0.0607 e. The molecule has 0 aromatic heterocycles. The molecule has 0 fully saturated rings. The Labute approximate surface area is 102 Å². The Hall–Kier alpha value is -0.810. The molecule has 1 nitrogen and oxygen atoms in total. The van der Waals surface area contributed by atoms with Gasteiger partial charge in [0.25, 0.3) is 0 Å². The van der Waals surface area contributed by atoms with Gasteiger partial charge in [-0.1, -0.05) is 51.7 Å². The van der Waals surface area contributed by atoms with Crippen LogP contribution in [-0.2, 0) is 0 Å². The van der Waals surface area contributed by atoms with Crippen LogP contribution in [-0.4, -0.2) is 10.7 Å². The van der Waals surface area contributed by atoms with Gasteiger partial charge in [0.2, 0.25) is 0 Å². The van der Waals surface area contributed by atoms with E-state index in [2.05, 4.69) is 51.9 Å². The van der Waals surface area contributed by atoms with Gasteiger partial charge in [-0.2, -0.15) is 0 Å². The lowest BCUT2D eigenvalue weighted by Crippen LogP contribution is -2.24. The second-order valence-electron chi connectivity index (χ2n) is 3.66. The van der Waals surface area contributed by atoms with E-state index < -0.39 is 0 Å². The van der Waals surface area contributed by atoms with E-state index in [1.165, 1.54) is 11.3 Å². The Morgan fingerprint density at radius 1 is 1.38 bits per heavy atom. The van der Waals surface area contributed by atoms with Crippen molar-refractivity contribution in [3.63, 3.8) is 0 Å². The first-order chi connectivity index (χ1) is 7.79. The van der Waals surface area contributed by atoms with Crippen LogP contribution in [0.1, 0.15) is 27.2 Å². The van der Waals surface area contributed by atoms with Crippen LogP contribution >= 0.6 is 9.39 Å². The van der Waals surface area contributed by atoms with Crippen LogP contribution in [0.5, 0.6) is 0 Å². The van der Waals surface area contributed by atoms with Crippen LogP contribution in [0.4, 0.5) is 0 Å². The molecule has 1 heterocycles. The van der Waals surface area contributed by atoms with E-state index >= 15 is 0 Å². The van der Waals surface area contributed by atoms with Gasteiger partial charge in [-0.05, 0) is 27.5 Å². The van der Waals surface area contributed by atoms with Crippen LogP contribution in [0.3, 0.4) is 0 Å². The van der Waals surface area contributed by atoms with Crippen LogP contribution in [0.25, 0.3) is 0 Å². The van der Waals surface area contributed by atoms with Crippen molar-refractivity contribution in [2.24, 2.45) is 5.92 Å². The number of hydrogen-bond acceptors (Lipinski definition) is 1.